The number of hydrogen-bond acceptors (Lipinski definition) is 2. The Morgan fingerprint density at radius 1 is 1.21 bits per heavy atom. The zero-order valence-corrected chi connectivity index (χ0v) is 12.0. The van der Waals surface area contributed by atoms with Crippen LogP contribution in [0.25, 0.3) is 0 Å². The molecular formula is C17H26N2. The summed E-state index contributed by atoms with van der Waals surface area (Å²) < 4.78 is 0. The van der Waals surface area contributed by atoms with E-state index >= 15 is 0 Å². The van der Waals surface area contributed by atoms with Gasteiger partial charge in [0.2, 0.25) is 0 Å². The van der Waals surface area contributed by atoms with Crippen LogP contribution in [-0.4, -0.2) is 24.5 Å². The van der Waals surface area contributed by atoms with E-state index < -0.39 is 0 Å². The first-order chi connectivity index (χ1) is 9.28. The number of hydrogen-bond donors (Lipinski definition) is 1. The first-order valence-electron chi connectivity index (χ1n) is 7.82. The van der Waals surface area contributed by atoms with Gasteiger partial charge in [-0.25, -0.2) is 0 Å². The highest BCUT2D eigenvalue weighted by Crippen LogP contribution is 2.41. The molecule has 0 radical (unpaired) electrons. The summed E-state index contributed by atoms with van der Waals surface area (Å²) in [6.45, 7) is 5.51. The molecule has 2 heteroatoms. The van der Waals surface area contributed by atoms with Gasteiger partial charge >= 0.3 is 0 Å². The van der Waals surface area contributed by atoms with E-state index in [0.717, 1.165) is 18.4 Å². The van der Waals surface area contributed by atoms with Gasteiger partial charge < -0.3 is 5.73 Å². The van der Waals surface area contributed by atoms with E-state index in [4.69, 9.17) is 5.73 Å². The van der Waals surface area contributed by atoms with Gasteiger partial charge in [-0.1, -0.05) is 31.2 Å². The highest BCUT2D eigenvalue weighted by molar-refractivity contribution is 5.31. The fourth-order valence-electron chi connectivity index (χ4n) is 3.27. The molecule has 1 aliphatic carbocycles. The Kier molecular flexibility index (Phi) is 3.90. The predicted octanol–water partition coefficient (Wildman–Crippen LogP) is 3.30. The van der Waals surface area contributed by atoms with Crippen LogP contribution in [0.1, 0.15) is 55.7 Å². The molecule has 1 unspecified atom stereocenters. The highest BCUT2D eigenvalue weighted by Gasteiger charge is 2.26. The molecule has 2 fully saturated rings. The minimum absolute atomic E-state index is 0.422. The molecule has 104 valence electrons. The Morgan fingerprint density at radius 3 is 2.58 bits per heavy atom. The van der Waals surface area contributed by atoms with E-state index in [1.165, 1.54) is 49.9 Å². The summed E-state index contributed by atoms with van der Waals surface area (Å²) in [5.41, 5.74) is 9.03. The molecular weight excluding hydrogens is 232 g/mol. The van der Waals surface area contributed by atoms with Crippen LogP contribution in [0.3, 0.4) is 0 Å². The smallest absolute Gasteiger partial charge is 0.0470 e. The summed E-state index contributed by atoms with van der Waals surface area (Å²) in [4.78, 5) is 2.59. The molecule has 0 amide bonds. The Labute approximate surface area is 117 Å². The maximum absolute atomic E-state index is 6.07. The lowest BCUT2D eigenvalue weighted by molar-refractivity contribution is 0.141. The van der Waals surface area contributed by atoms with Gasteiger partial charge in [0.1, 0.15) is 0 Å². The van der Waals surface area contributed by atoms with Crippen molar-refractivity contribution in [3.63, 3.8) is 0 Å². The van der Waals surface area contributed by atoms with Crippen LogP contribution in [0, 0.1) is 5.92 Å². The topological polar surface area (TPSA) is 29.3 Å². The third kappa shape index (κ3) is 3.01. The number of nitrogens with zero attached hydrogens (tertiary/aromatic N) is 1. The van der Waals surface area contributed by atoms with Crippen LogP contribution in [0.4, 0.5) is 0 Å². The molecule has 2 aliphatic rings. The number of benzene rings is 1. The summed E-state index contributed by atoms with van der Waals surface area (Å²) in [5, 5.41) is 0. The Bertz CT molecular complexity index is 417. The third-order valence-electron chi connectivity index (χ3n) is 4.83. The monoisotopic (exact) mass is 258 g/mol. The Balaban J connectivity index is 1.75. The van der Waals surface area contributed by atoms with Crippen LogP contribution in [0.2, 0.25) is 0 Å². The molecule has 2 nitrogen and oxygen atoms in total. The van der Waals surface area contributed by atoms with Gasteiger partial charge in [-0.15, -0.1) is 0 Å². The van der Waals surface area contributed by atoms with Crippen molar-refractivity contribution >= 4 is 0 Å². The highest BCUT2D eigenvalue weighted by atomic mass is 15.2. The molecule has 0 aromatic heterocycles. The summed E-state index contributed by atoms with van der Waals surface area (Å²) in [6.07, 6.45) is 5.38. The second-order valence-electron chi connectivity index (χ2n) is 6.41. The fourth-order valence-corrected chi connectivity index (χ4v) is 3.27. The molecule has 0 bridgehead atoms. The SMILES string of the molecule is CC1CCN(C(CN)c2cccc(C3CC3)c2)CC1. The lowest BCUT2D eigenvalue weighted by atomic mass is 9.95. The third-order valence-corrected chi connectivity index (χ3v) is 4.83. The minimum atomic E-state index is 0.422. The first kappa shape index (κ1) is 13.1. The Hall–Kier alpha value is -0.860. The quantitative estimate of drug-likeness (QED) is 0.898. The fraction of sp³-hybridized carbons (Fsp3) is 0.647. The second kappa shape index (κ2) is 5.64. The molecule has 1 aliphatic heterocycles. The number of likely N-dealkylation sites (tertiary alicyclic amines) is 1. The second-order valence-corrected chi connectivity index (χ2v) is 6.41. The molecule has 1 saturated carbocycles. The molecule has 2 N–H and O–H groups in total. The van der Waals surface area contributed by atoms with E-state index in [1.54, 1.807) is 0 Å². The molecule has 1 heterocycles. The van der Waals surface area contributed by atoms with E-state index in [-0.39, 0.29) is 0 Å². The molecule has 0 spiro atoms. The van der Waals surface area contributed by atoms with Crippen LogP contribution in [0.5, 0.6) is 0 Å². The van der Waals surface area contributed by atoms with Crippen molar-refractivity contribution in [2.75, 3.05) is 19.6 Å². The zero-order valence-electron chi connectivity index (χ0n) is 12.0. The van der Waals surface area contributed by atoms with E-state index in [1.807, 2.05) is 0 Å². The molecule has 3 rings (SSSR count). The summed E-state index contributed by atoms with van der Waals surface area (Å²) >= 11 is 0. The van der Waals surface area contributed by atoms with E-state index in [9.17, 15) is 0 Å². The van der Waals surface area contributed by atoms with E-state index in [2.05, 4.69) is 36.1 Å². The summed E-state index contributed by atoms with van der Waals surface area (Å²) in [6, 6.07) is 9.60. The average molecular weight is 258 g/mol. The van der Waals surface area contributed by atoms with Crippen molar-refractivity contribution in [1.82, 2.24) is 4.90 Å². The molecule has 1 atom stereocenters. The maximum atomic E-state index is 6.07. The van der Waals surface area contributed by atoms with Crippen LogP contribution >= 0.6 is 0 Å². The van der Waals surface area contributed by atoms with Gasteiger partial charge in [-0.3, -0.25) is 4.90 Å². The zero-order chi connectivity index (χ0) is 13.2. The van der Waals surface area contributed by atoms with Crippen molar-refractivity contribution in [3.05, 3.63) is 35.4 Å². The van der Waals surface area contributed by atoms with Crippen LogP contribution in [-0.2, 0) is 0 Å². The molecule has 1 aromatic carbocycles. The molecule has 1 aromatic rings. The van der Waals surface area contributed by atoms with Gasteiger partial charge in [0.25, 0.3) is 0 Å². The van der Waals surface area contributed by atoms with Crippen LogP contribution < -0.4 is 5.73 Å². The van der Waals surface area contributed by atoms with Gasteiger partial charge in [0.15, 0.2) is 0 Å². The summed E-state index contributed by atoms with van der Waals surface area (Å²) in [5.74, 6) is 1.72. The number of nitrogens with two attached hydrogens (primary N) is 1. The van der Waals surface area contributed by atoms with Crippen molar-refractivity contribution < 1.29 is 0 Å². The minimum Gasteiger partial charge on any atom is -0.329 e. The predicted molar refractivity (Wildman–Crippen MR) is 80.2 cm³/mol. The first-order valence-corrected chi connectivity index (χ1v) is 7.82. The van der Waals surface area contributed by atoms with Crippen molar-refractivity contribution in [2.45, 2.75) is 44.6 Å². The van der Waals surface area contributed by atoms with Gasteiger partial charge in [0, 0.05) is 12.6 Å². The van der Waals surface area contributed by atoms with Crippen molar-refractivity contribution in [1.29, 1.82) is 0 Å². The van der Waals surface area contributed by atoms with E-state index in [0.29, 0.717) is 6.04 Å². The summed E-state index contributed by atoms with van der Waals surface area (Å²) in [7, 11) is 0. The number of piperidine rings is 1. The maximum Gasteiger partial charge on any atom is 0.0470 e. The van der Waals surface area contributed by atoms with Crippen LogP contribution in [0.15, 0.2) is 24.3 Å². The molecule has 1 saturated heterocycles. The molecule has 19 heavy (non-hydrogen) atoms. The lowest BCUT2D eigenvalue weighted by Crippen LogP contribution is -2.39. The number of rotatable bonds is 4. The van der Waals surface area contributed by atoms with Gasteiger partial charge in [0.05, 0.1) is 0 Å². The largest absolute Gasteiger partial charge is 0.329 e. The Morgan fingerprint density at radius 2 is 1.95 bits per heavy atom. The standard InChI is InChI=1S/C17H26N2/c1-13-7-9-19(10-8-13)17(12-18)16-4-2-3-15(11-16)14-5-6-14/h2-4,11,13-14,17H,5-10,12,18H2,1H3. The van der Waals surface area contributed by atoms with Crippen molar-refractivity contribution in [2.24, 2.45) is 11.7 Å². The van der Waals surface area contributed by atoms with Gasteiger partial charge in [-0.2, -0.15) is 0 Å². The average Bonchev–Trinajstić information content (AvgIpc) is 3.27. The normalized spacial score (nSPS) is 23.5. The van der Waals surface area contributed by atoms with Gasteiger partial charge in [-0.05, 0) is 61.7 Å². The van der Waals surface area contributed by atoms with Crippen molar-refractivity contribution in [3.8, 4) is 0 Å². The lowest BCUT2D eigenvalue weighted by Gasteiger charge is -2.36.